The van der Waals surface area contributed by atoms with Gasteiger partial charge in [0.1, 0.15) is 0 Å². The summed E-state index contributed by atoms with van der Waals surface area (Å²) in [5.74, 6) is 2.03. The van der Waals surface area contributed by atoms with Crippen molar-refractivity contribution in [1.29, 1.82) is 0 Å². The van der Waals surface area contributed by atoms with E-state index in [1.54, 1.807) is 0 Å². The quantitative estimate of drug-likeness (QED) is 0.817. The third-order valence-corrected chi connectivity index (χ3v) is 6.48. The van der Waals surface area contributed by atoms with Gasteiger partial charge in [-0.2, -0.15) is 0 Å². The van der Waals surface area contributed by atoms with Crippen LogP contribution in [0.15, 0.2) is 0 Å². The van der Waals surface area contributed by atoms with E-state index < -0.39 is 0 Å². The average molecular weight is 293 g/mol. The van der Waals surface area contributed by atoms with E-state index >= 15 is 0 Å². The predicted octanol–water partition coefficient (Wildman–Crippen LogP) is 4.20. The van der Waals surface area contributed by atoms with E-state index in [2.05, 4.69) is 17.1 Å². The van der Waals surface area contributed by atoms with Gasteiger partial charge >= 0.3 is 0 Å². The molecule has 2 nitrogen and oxygen atoms in total. The molecule has 1 saturated heterocycles. The first-order chi connectivity index (χ1) is 10.3. The van der Waals surface area contributed by atoms with Gasteiger partial charge in [-0.1, -0.05) is 44.9 Å². The number of rotatable bonds is 5. The summed E-state index contributed by atoms with van der Waals surface area (Å²) in [7, 11) is 0. The number of nitrogens with zero attached hydrogens (tertiary/aromatic N) is 1. The highest BCUT2D eigenvalue weighted by molar-refractivity contribution is 4.89. The highest BCUT2D eigenvalue weighted by atomic mass is 15.2. The Kier molecular flexibility index (Phi) is 5.99. The summed E-state index contributed by atoms with van der Waals surface area (Å²) >= 11 is 0. The normalized spacial score (nSPS) is 33.6. The van der Waals surface area contributed by atoms with Crippen LogP contribution < -0.4 is 5.32 Å². The van der Waals surface area contributed by atoms with Crippen molar-refractivity contribution in [3.63, 3.8) is 0 Å². The lowest BCUT2D eigenvalue weighted by Gasteiger charge is -2.43. The number of hydrogen-bond donors (Lipinski definition) is 1. The molecular weight excluding hydrogens is 256 g/mol. The van der Waals surface area contributed by atoms with Crippen molar-refractivity contribution in [1.82, 2.24) is 10.2 Å². The second-order valence-corrected chi connectivity index (χ2v) is 8.05. The fourth-order valence-corrected chi connectivity index (χ4v) is 4.99. The molecule has 0 bridgehead atoms. The molecule has 2 aliphatic carbocycles. The van der Waals surface area contributed by atoms with Crippen molar-refractivity contribution in [2.24, 2.45) is 11.8 Å². The van der Waals surface area contributed by atoms with Crippen molar-refractivity contribution < 1.29 is 0 Å². The van der Waals surface area contributed by atoms with Gasteiger partial charge in [-0.3, -0.25) is 4.90 Å². The van der Waals surface area contributed by atoms with Crippen LogP contribution in [0.5, 0.6) is 0 Å². The predicted molar refractivity (Wildman–Crippen MR) is 90.6 cm³/mol. The standard InChI is InChI=1S/C19H36N2/c1-16-14-20-19(18-11-3-2-4-12-18)15-21(16)13-7-10-17-8-5-6-9-17/h16-20H,2-15H2,1H3. The van der Waals surface area contributed by atoms with E-state index in [-0.39, 0.29) is 0 Å². The Bertz CT molecular complexity index is 292. The lowest BCUT2D eigenvalue weighted by Crippen LogP contribution is -2.58. The monoisotopic (exact) mass is 292 g/mol. The van der Waals surface area contributed by atoms with Crippen LogP contribution in [-0.2, 0) is 0 Å². The van der Waals surface area contributed by atoms with Crippen LogP contribution in [0, 0.1) is 11.8 Å². The first-order valence-corrected chi connectivity index (χ1v) is 9.80. The van der Waals surface area contributed by atoms with Gasteiger partial charge in [0.05, 0.1) is 0 Å². The zero-order chi connectivity index (χ0) is 14.5. The molecule has 122 valence electrons. The number of nitrogens with one attached hydrogen (secondary N) is 1. The fourth-order valence-electron chi connectivity index (χ4n) is 4.99. The molecule has 1 N–H and O–H groups in total. The Balaban J connectivity index is 1.41. The maximum atomic E-state index is 3.86. The van der Waals surface area contributed by atoms with Crippen molar-refractivity contribution in [2.75, 3.05) is 19.6 Å². The summed E-state index contributed by atoms with van der Waals surface area (Å²) in [6.07, 6.45) is 16.3. The van der Waals surface area contributed by atoms with Gasteiger partial charge in [-0.05, 0) is 51.0 Å². The van der Waals surface area contributed by atoms with E-state index in [9.17, 15) is 0 Å². The van der Waals surface area contributed by atoms with Crippen molar-refractivity contribution >= 4 is 0 Å². The first kappa shape index (κ1) is 15.8. The van der Waals surface area contributed by atoms with Crippen molar-refractivity contribution in [3.8, 4) is 0 Å². The second kappa shape index (κ2) is 7.97. The fraction of sp³-hybridized carbons (Fsp3) is 1.00. The van der Waals surface area contributed by atoms with Crippen LogP contribution >= 0.6 is 0 Å². The van der Waals surface area contributed by atoms with Gasteiger partial charge in [-0.25, -0.2) is 0 Å². The van der Waals surface area contributed by atoms with E-state index in [1.165, 1.54) is 90.3 Å². The minimum absolute atomic E-state index is 0.744. The molecule has 0 spiro atoms. The Hall–Kier alpha value is -0.0800. The molecular formula is C19H36N2. The Morgan fingerprint density at radius 2 is 1.67 bits per heavy atom. The Morgan fingerprint density at radius 3 is 2.43 bits per heavy atom. The van der Waals surface area contributed by atoms with Crippen molar-refractivity contribution in [3.05, 3.63) is 0 Å². The van der Waals surface area contributed by atoms with Crippen molar-refractivity contribution in [2.45, 2.75) is 89.6 Å². The largest absolute Gasteiger partial charge is 0.311 e. The molecule has 3 aliphatic rings. The third-order valence-electron chi connectivity index (χ3n) is 6.48. The lowest BCUT2D eigenvalue weighted by molar-refractivity contribution is 0.101. The highest BCUT2D eigenvalue weighted by Gasteiger charge is 2.30. The molecule has 2 heteroatoms. The molecule has 1 aliphatic heterocycles. The van der Waals surface area contributed by atoms with Gasteiger partial charge in [0.2, 0.25) is 0 Å². The second-order valence-electron chi connectivity index (χ2n) is 8.05. The Labute approximate surface area is 132 Å². The van der Waals surface area contributed by atoms with Crippen LogP contribution in [-0.4, -0.2) is 36.6 Å². The van der Waals surface area contributed by atoms with Crippen LogP contribution in [0.1, 0.15) is 77.6 Å². The minimum Gasteiger partial charge on any atom is -0.311 e. The number of piperazine rings is 1. The molecule has 21 heavy (non-hydrogen) atoms. The van der Waals surface area contributed by atoms with Gasteiger partial charge in [-0.15, -0.1) is 0 Å². The van der Waals surface area contributed by atoms with Gasteiger partial charge in [0, 0.05) is 25.2 Å². The first-order valence-electron chi connectivity index (χ1n) is 9.80. The van der Waals surface area contributed by atoms with Crippen LogP contribution in [0.3, 0.4) is 0 Å². The summed E-state index contributed by atoms with van der Waals surface area (Å²) < 4.78 is 0. The molecule has 0 aromatic rings. The molecule has 1 heterocycles. The molecule has 3 fully saturated rings. The summed E-state index contributed by atoms with van der Waals surface area (Å²) in [4.78, 5) is 2.80. The van der Waals surface area contributed by atoms with Crippen LogP contribution in [0.4, 0.5) is 0 Å². The molecule has 3 rings (SSSR count). The van der Waals surface area contributed by atoms with Crippen LogP contribution in [0.2, 0.25) is 0 Å². The smallest absolute Gasteiger partial charge is 0.0224 e. The third kappa shape index (κ3) is 4.45. The summed E-state index contributed by atoms with van der Waals surface area (Å²) in [5, 5.41) is 3.86. The summed E-state index contributed by atoms with van der Waals surface area (Å²) in [6, 6.07) is 1.53. The number of hydrogen-bond acceptors (Lipinski definition) is 2. The molecule has 0 amide bonds. The van der Waals surface area contributed by atoms with E-state index in [0.717, 1.165) is 23.9 Å². The molecule has 2 atom stereocenters. The molecule has 0 aromatic carbocycles. The van der Waals surface area contributed by atoms with E-state index in [0.29, 0.717) is 0 Å². The molecule has 0 aromatic heterocycles. The van der Waals surface area contributed by atoms with Crippen LogP contribution in [0.25, 0.3) is 0 Å². The SMILES string of the molecule is CC1CNC(C2CCCCC2)CN1CCCC1CCCC1. The summed E-state index contributed by atoms with van der Waals surface area (Å²) in [5.41, 5.74) is 0. The lowest BCUT2D eigenvalue weighted by atomic mass is 9.82. The van der Waals surface area contributed by atoms with Gasteiger partial charge < -0.3 is 5.32 Å². The zero-order valence-electron chi connectivity index (χ0n) is 14.2. The molecule has 2 saturated carbocycles. The maximum Gasteiger partial charge on any atom is 0.0224 e. The van der Waals surface area contributed by atoms with E-state index in [4.69, 9.17) is 0 Å². The minimum atomic E-state index is 0.744. The molecule has 2 unspecified atom stereocenters. The van der Waals surface area contributed by atoms with Gasteiger partial charge in [0.15, 0.2) is 0 Å². The average Bonchev–Trinajstić information content (AvgIpc) is 3.03. The molecule has 0 radical (unpaired) electrons. The highest BCUT2D eigenvalue weighted by Crippen LogP contribution is 2.30. The topological polar surface area (TPSA) is 15.3 Å². The van der Waals surface area contributed by atoms with E-state index in [1.807, 2.05) is 0 Å². The zero-order valence-corrected chi connectivity index (χ0v) is 14.2. The Morgan fingerprint density at radius 1 is 0.952 bits per heavy atom. The summed E-state index contributed by atoms with van der Waals surface area (Å²) in [6.45, 7) is 6.29. The maximum absolute atomic E-state index is 3.86. The van der Waals surface area contributed by atoms with Gasteiger partial charge in [0.25, 0.3) is 0 Å².